The van der Waals surface area contributed by atoms with Crippen molar-refractivity contribution in [3.05, 3.63) is 16.3 Å². The molecule has 1 aromatic heterocycles. The fourth-order valence-corrected chi connectivity index (χ4v) is 4.53. The van der Waals surface area contributed by atoms with Crippen LogP contribution >= 0.6 is 0 Å². The zero-order valence-corrected chi connectivity index (χ0v) is 15.6. The summed E-state index contributed by atoms with van der Waals surface area (Å²) in [6.07, 6.45) is 7.34. The van der Waals surface area contributed by atoms with E-state index in [4.69, 9.17) is 0 Å². The zero-order valence-electron chi connectivity index (χ0n) is 15.6. The molecule has 0 bridgehead atoms. The van der Waals surface area contributed by atoms with Gasteiger partial charge >= 0.3 is 5.69 Å². The highest BCUT2D eigenvalue weighted by Gasteiger charge is 2.42. The highest BCUT2D eigenvalue weighted by atomic mass is 16.2. The van der Waals surface area contributed by atoms with E-state index >= 15 is 0 Å². The van der Waals surface area contributed by atoms with Gasteiger partial charge in [-0.3, -0.25) is 14.6 Å². The molecule has 1 N–H and O–H groups in total. The number of nitrogens with one attached hydrogen (secondary N) is 1. The van der Waals surface area contributed by atoms with E-state index in [0.717, 1.165) is 63.7 Å². The number of rotatable bonds is 4. The number of likely N-dealkylation sites (tertiary alicyclic amines) is 2. The monoisotopic (exact) mass is 373 g/mol. The zero-order chi connectivity index (χ0) is 18.5. The van der Waals surface area contributed by atoms with Crippen LogP contribution in [-0.2, 0) is 9.59 Å². The Morgan fingerprint density at radius 3 is 2.33 bits per heavy atom. The van der Waals surface area contributed by atoms with Gasteiger partial charge in [-0.15, -0.1) is 0 Å². The van der Waals surface area contributed by atoms with Gasteiger partial charge in [0.25, 0.3) is 0 Å². The second kappa shape index (κ2) is 6.49. The Hall–Kier alpha value is -2.12. The quantitative estimate of drug-likeness (QED) is 0.853. The van der Waals surface area contributed by atoms with Crippen LogP contribution in [0.15, 0.2) is 4.79 Å². The van der Waals surface area contributed by atoms with Crippen LogP contribution in [0.2, 0.25) is 0 Å². The number of aromatic nitrogens is 3. The third-order valence-corrected chi connectivity index (χ3v) is 6.49. The van der Waals surface area contributed by atoms with Crippen LogP contribution in [0, 0.1) is 5.92 Å². The first kappa shape index (κ1) is 17.0. The molecule has 2 amide bonds. The molecule has 8 heteroatoms. The number of aromatic amines is 1. The van der Waals surface area contributed by atoms with Crippen LogP contribution in [0.25, 0.3) is 0 Å². The molecule has 0 aromatic carbocycles. The molecule has 2 aliphatic heterocycles. The molecule has 0 unspecified atom stereocenters. The highest BCUT2D eigenvalue weighted by Crippen LogP contribution is 2.38. The smallest absolute Gasteiger partial charge is 0.341 e. The van der Waals surface area contributed by atoms with E-state index in [9.17, 15) is 14.4 Å². The number of carbonyl (C=O) groups excluding carboxylic acids is 2. The van der Waals surface area contributed by atoms with Gasteiger partial charge in [0.2, 0.25) is 11.8 Å². The van der Waals surface area contributed by atoms with Gasteiger partial charge in [0.15, 0.2) is 0 Å². The summed E-state index contributed by atoms with van der Waals surface area (Å²) < 4.78 is 1.59. The summed E-state index contributed by atoms with van der Waals surface area (Å²) in [6, 6.07) is -0.220. The topological polar surface area (TPSA) is 91.3 Å². The molecule has 0 radical (unpaired) electrons. The van der Waals surface area contributed by atoms with Gasteiger partial charge < -0.3 is 9.80 Å². The van der Waals surface area contributed by atoms with Crippen LogP contribution < -0.4 is 5.69 Å². The largest absolute Gasteiger partial charge is 0.343 e. The van der Waals surface area contributed by atoms with E-state index < -0.39 is 0 Å². The lowest BCUT2D eigenvalue weighted by Crippen LogP contribution is -2.50. The number of carbonyl (C=O) groups is 2. The van der Waals surface area contributed by atoms with Crippen molar-refractivity contribution in [3.8, 4) is 0 Å². The van der Waals surface area contributed by atoms with Crippen LogP contribution in [0.5, 0.6) is 0 Å². The second-order valence-electron chi connectivity index (χ2n) is 8.55. The Morgan fingerprint density at radius 1 is 0.926 bits per heavy atom. The van der Waals surface area contributed by atoms with Crippen molar-refractivity contribution < 1.29 is 9.59 Å². The molecule has 146 valence electrons. The molecule has 4 aliphatic rings. The number of hydrogen-bond acceptors (Lipinski definition) is 4. The fraction of sp³-hybridized carbons (Fsp3) is 0.789. The molecule has 27 heavy (non-hydrogen) atoms. The summed E-state index contributed by atoms with van der Waals surface area (Å²) >= 11 is 0. The third-order valence-electron chi connectivity index (χ3n) is 6.49. The number of piperidine rings is 1. The molecule has 3 heterocycles. The van der Waals surface area contributed by atoms with Gasteiger partial charge in [0.1, 0.15) is 11.9 Å². The van der Waals surface area contributed by atoms with E-state index in [0.29, 0.717) is 19.0 Å². The summed E-state index contributed by atoms with van der Waals surface area (Å²) in [6.45, 7) is 1.97. The maximum Gasteiger partial charge on any atom is 0.343 e. The summed E-state index contributed by atoms with van der Waals surface area (Å²) in [7, 11) is 0. The van der Waals surface area contributed by atoms with Crippen molar-refractivity contribution in [1.29, 1.82) is 0 Å². The van der Waals surface area contributed by atoms with E-state index in [2.05, 4.69) is 10.1 Å². The molecule has 2 saturated heterocycles. The average Bonchev–Trinajstić information content (AvgIpc) is 3.61. The number of nitrogens with zero attached hydrogens (tertiary/aromatic N) is 4. The maximum absolute atomic E-state index is 13.0. The van der Waals surface area contributed by atoms with Crippen LogP contribution in [0.3, 0.4) is 0 Å². The molecular formula is C19H27N5O3. The number of hydrogen-bond donors (Lipinski definition) is 1. The number of amides is 2. The average molecular weight is 373 g/mol. The number of H-pyrrole nitrogens is 1. The standard InChI is InChI=1S/C19H27N5O3/c25-17(13-5-6-13)23-9-1-2-15(23)18(26)22-10-7-14(8-11-22)24-19(27)20-16(21-24)12-3-4-12/h12-15H,1-11H2,(H,20,21,27)/t15-/m0/s1. The van der Waals surface area contributed by atoms with Crippen LogP contribution in [-0.4, -0.2) is 62.1 Å². The third kappa shape index (κ3) is 3.19. The Labute approximate surface area is 157 Å². The minimum Gasteiger partial charge on any atom is -0.341 e. The van der Waals surface area contributed by atoms with Gasteiger partial charge in [0, 0.05) is 31.5 Å². The van der Waals surface area contributed by atoms with Crippen LogP contribution in [0.4, 0.5) is 0 Å². The normalized spacial score (nSPS) is 26.6. The van der Waals surface area contributed by atoms with Gasteiger partial charge in [-0.25, -0.2) is 9.48 Å². The molecule has 1 atom stereocenters. The molecule has 2 aliphatic carbocycles. The molecule has 2 saturated carbocycles. The van der Waals surface area contributed by atoms with E-state index in [1.54, 1.807) is 4.68 Å². The Kier molecular flexibility index (Phi) is 4.09. The van der Waals surface area contributed by atoms with Crippen molar-refractivity contribution >= 4 is 11.8 Å². The first-order valence-corrected chi connectivity index (χ1v) is 10.4. The van der Waals surface area contributed by atoms with Crippen molar-refractivity contribution in [3.63, 3.8) is 0 Å². The van der Waals surface area contributed by atoms with Gasteiger partial charge in [-0.05, 0) is 51.4 Å². The summed E-state index contributed by atoms with van der Waals surface area (Å²) in [5, 5.41) is 4.50. The van der Waals surface area contributed by atoms with Crippen molar-refractivity contribution in [2.75, 3.05) is 19.6 Å². The maximum atomic E-state index is 13.0. The Bertz CT molecular complexity index is 799. The van der Waals surface area contributed by atoms with Crippen molar-refractivity contribution in [2.24, 2.45) is 5.92 Å². The van der Waals surface area contributed by atoms with Crippen molar-refractivity contribution in [2.45, 2.75) is 69.4 Å². The Balaban J connectivity index is 1.21. The minimum absolute atomic E-state index is 0.0538. The molecule has 8 nitrogen and oxygen atoms in total. The molecule has 5 rings (SSSR count). The lowest BCUT2D eigenvalue weighted by Gasteiger charge is -2.35. The van der Waals surface area contributed by atoms with E-state index in [1.165, 1.54) is 0 Å². The lowest BCUT2D eigenvalue weighted by molar-refractivity contribution is -0.145. The second-order valence-corrected chi connectivity index (χ2v) is 8.55. The summed E-state index contributed by atoms with van der Waals surface area (Å²) in [4.78, 5) is 44.3. The van der Waals surface area contributed by atoms with Crippen molar-refractivity contribution in [1.82, 2.24) is 24.6 Å². The molecule has 1 aromatic rings. The predicted molar refractivity (Wildman–Crippen MR) is 97.1 cm³/mol. The molecular weight excluding hydrogens is 346 g/mol. The van der Waals surface area contributed by atoms with Gasteiger partial charge in [-0.2, -0.15) is 5.10 Å². The lowest BCUT2D eigenvalue weighted by atomic mass is 10.0. The highest BCUT2D eigenvalue weighted by molar-refractivity contribution is 5.90. The first-order valence-electron chi connectivity index (χ1n) is 10.4. The van der Waals surface area contributed by atoms with Crippen LogP contribution in [0.1, 0.15) is 69.2 Å². The van der Waals surface area contributed by atoms with E-state index in [-0.39, 0.29) is 35.5 Å². The van der Waals surface area contributed by atoms with E-state index in [1.807, 2.05) is 9.80 Å². The van der Waals surface area contributed by atoms with Gasteiger partial charge in [-0.1, -0.05) is 0 Å². The Morgan fingerprint density at radius 2 is 1.67 bits per heavy atom. The molecule has 4 fully saturated rings. The fourth-order valence-electron chi connectivity index (χ4n) is 4.53. The SMILES string of the molecule is O=C([C@@H]1CCCN1C(=O)C1CC1)N1CCC(n2nc(C3CC3)[nH]c2=O)CC1. The summed E-state index contributed by atoms with van der Waals surface area (Å²) in [5.41, 5.74) is -0.126. The summed E-state index contributed by atoms with van der Waals surface area (Å²) in [5.74, 6) is 1.68. The molecule has 0 spiro atoms. The predicted octanol–water partition coefficient (Wildman–Crippen LogP) is 1.01. The van der Waals surface area contributed by atoms with Gasteiger partial charge in [0.05, 0.1) is 6.04 Å². The first-order chi connectivity index (χ1) is 13.1. The minimum atomic E-state index is -0.274.